The predicted octanol–water partition coefficient (Wildman–Crippen LogP) is 2.12. The van der Waals surface area contributed by atoms with Gasteiger partial charge in [0, 0.05) is 26.2 Å². The van der Waals surface area contributed by atoms with Crippen molar-refractivity contribution in [2.24, 2.45) is 0 Å². The average Bonchev–Trinajstić information content (AvgIpc) is 2.38. The molecule has 0 spiro atoms. The van der Waals surface area contributed by atoms with Gasteiger partial charge in [-0.05, 0) is 18.2 Å². The van der Waals surface area contributed by atoms with Gasteiger partial charge in [0.05, 0.1) is 18.4 Å². The molecule has 0 atom stereocenters. The molecule has 0 aliphatic carbocycles. The van der Waals surface area contributed by atoms with E-state index in [2.05, 4.69) is 5.32 Å². The Morgan fingerprint density at radius 1 is 1.22 bits per heavy atom. The number of hydrogen-bond donors (Lipinski definition) is 1. The van der Waals surface area contributed by atoms with Crippen LogP contribution in [0.1, 0.15) is 5.56 Å². The summed E-state index contributed by atoms with van der Waals surface area (Å²) in [7, 11) is 1.47. The number of hydrogen-bond acceptors (Lipinski definition) is 3. The molecule has 1 saturated heterocycles. The lowest BCUT2D eigenvalue weighted by Gasteiger charge is -2.31. The SMILES string of the molecule is COc1ccc(C(F)(F)F)cc1N1CCNCC1. The molecular weight excluding hydrogens is 245 g/mol. The van der Waals surface area contributed by atoms with Crippen LogP contribution in [0.3, 0.4) is 0 Å². The van der Waals surface area contributed by atoms with Gasteiger partial charge in [0.15, 0.2) is 0 Å². The summed E-state index contributed by atoms with van der Waals surface area (Å²) in [6, 6.07) is 3.58. The number of alkyl halides is 3. The number of benzene rings is 1. The normalized spacial score (nSPS) is 16.8. The van der Waals surface area contributed by atoms with Gasteiger partial charge in [0.1, 0.15) is 5.75 Å². The van der Waals surface area contributed by atoms with Crippen molar-refractivity contribution in [3.8, 4) is 5.75 Å². The molecule has 1 aliphatic heterocycles. The van der Waals surface area contributed by atoms with Crippen LogP contribution in [0.25, 0.3) is 0 Å². The highest BCUT2D eigenvalue weighted by Crippen LogP contribution is 2.36. The Labute approximate surface area is 104 Å². The van der Waals surface area contributed by atoms with Gasteiger partial charge in [-0.3, -0.25) is 0 Å². The zero-order valence-electron chi connectivity index (χ0n) is 10.0. The zero-order chi connectivity index (χ0) is 13.2. The average molecular weight is 260 g/mol. The molecule has 100 valence electrons. The van der Waals surface area contributed by atoms with Crippen LogP contribution in [-0.4, -0.2) is 33.3 Å². The second kappa shape index (κ2) is 5.06. The van der Waals surface area contributed by atoms with Gasteiger partial charge in [0.25, 0.3) is 0 Å². The number of rotatable bonds is 2. The molecule has 1 fully saturated rings. The van der Waals surface area contributed by atoms with Gasteiger partial charge in [-0.1, -0.05) is 0 Å². The third-order valence-electron chi connectivity index (χ3n) is 2.96. The summed E-state index contributed by atoms with van der Waals surface area (Å²) in [6.45, 7) is 2.88. The summed E-state index contributed by atoms with van der Waals surface area (Å²) < 4.78 is 43.2. The van der Waals surface area contributed by atoms with Crippen LogP contribution in [0.15, 0.2) is 18.2 Å². The van der Waals surface area contributed by atoms with Crippen molar-refractivity contribution in [3.63, 3.8) is 0 Å². The highest BCUT2D eigenvalue weighted by molar-refractivity contribution is 5.60. The molecule has 1 aromatic carbocycles. The van der Waals surface area contributed by atoms with Crippen molar-refractivity contribution >= 4 is 5.69 Å². The van der Waals surface area contributed by atoms with Crippen LogP contribution in [0, 0.1) is 0 Å². The van der Waals surface area contributed by atoms with Gasteiger partial charge in [-0.2, -0.15) is 13.2 Å². The maximum absolute atomic E-state index is 12.7. The van der Waals surface area contributed by atoms with E-state index in [1.165, 1.54) is 13.2 Å². The van der Waals surface area contributed by atoms with Crippen molar-refractivity contribution in [2.75, 3.05) is 38.2 Å². The number of ether oxygens (including phenoxy) is 1. The van der Waals surface area contributed by atoms with Gasteiger partial charge >= 0.3 is 6.18 Å². The summed E-state index contributed by atoms with van der Waals surface area (Å²) in [4.78, 5) is 1.91. The standard InChI is InChI=1S/C12H15F3N2O/c1-18-11-3-2-9(12(13,14)15)8-10(11)17-6-4-16-5-7-17/h2-3,8,16H,4-7H2,1H3. The van der Waals surface area contributed by atoms with Crippen molar-refractivity contribution in [2.45, 2.75) is 6.18 Å². The molecule has 0 bridgehead atoms. The van der Waals surface area contributed by atoms with E-state index in [1.54, 1.807) is 0 Å². The number of methoxy groups -OCH3 is 1. The third-order valence-corrected chi connectivity index (χ3v) is 2.96. The molecule has 0 radical (unpaired) electrons. The van der Waals surface area contributed by atoms with Gasteiger partial charge in [-0.15, -0.1) is 0 Å². The van der Waals surface area contributed by atoms with Crippen LogP contribution < -0.4 is 15.0 Å². The molecule has 1 N–H and O–H groups in total. The number of halogens is 3. The van der Waals surface area contributed by atoms with E-state index in [-0.39, 0.29) is 0 Å². The van der Waals surface area contributed by atoms with E-state index in [1.807, 2.05) is 4.90 Å². The highest BCUT2D eigenvalue weighted by atomic mass is 19.4. The van der Waals surface area contributed by atoms with Crippen molar-refractivity contribution < 1.29 is 17.9 Å². The fourth-order valence-corrected chi connectivity index (χ4v) is 2.02. The first-order valence-electron chi connectivity index (χ1n) is 5.73. The molecule has 0 saturated carbocycles. The zero-order valence-corrected chi connectivity index (χ0v) is 10.0. The summed E-state index contributed by atoms with van der Waals surface area (Å²) in [5, 5.41) is 3.16. The lowest BCUT2D eigenvalue weighted by Crippen LogP contribution is -2.43. The molecule has 0 aromatic heterocycles. The monoisotopic (exact) mass is 260 g/mol. The molecule has 1 aliphatic rings. The number of anilines is 1. The molecule has 0 amide bonds. The van der Waals surface area contributed by atoms with Crippen LogP contribution in [0.4, 0.5) is 18.9 Å². The van der Waals surface area contributed by atoms with Crippen molar-refractivity contribution in [1.29, 1.82) is 0 Å². The fraction of sp³-hybridized carbons (Fsp3) is 0.500. The molecule has 1 heterocycles. The largest absolute Gasteiger partial charge is 0.495 e. The summed E-state index contributed by atoms with van der Waals surface area (Å²) in [5.74, 6) is 0.477. The molecule has 0 unspecified atom stereocenters. The minimum Gasteiger partial charge on any atom is -0.495 e. The van der Waals surface area contributed by atoms with Crippen LogP contribution >= 0.6 is 0 Å². The van der Waals surface area contributed by atoms with Crippen LogP contribution in [0.5, 0.6) is 5.75 Å². The Balaban J connectivity index is 2.35. The first-order chi connectivity index (χ1) is 8.52. The minimum absolute atomic E-state index is 0.477. The summed E-state index contributed by atoms with van der Waals surface area (Å²) in [5.41, 5.74) is -0.134. The Bertz CT molecular complexity index is 414. The van der Waals surface area contributed by atoms with Crippen LogP contribution in [0.2, 0.25) is 0 Å². The van der Waals surface area contributed by atoms with Gasteiger partial charge in [0.2, 0.25) is 0 Å². The second-order valence-electron chi connectivity index (χ2n) is 4.12. The molecule has 3 nitrogen and oxygen atoms in total. The first-order valence-corrected chi connectivity index (χ1v) is 5.73. The number of piperazine rings is 1. The lowest BCUT2D eigenvalue weighted by atomic mass is 10.1. The van der Waals surface area contributed by atoms with E-state index in [9.17, 15) is 13.2 Å². The lowest BCUT2D eigenvalue weighted by molar-refractivity contribution is -0.137. The molecule has 6 heteroatoms. The Morgan fingerprint density at radius 2 is 1.89 bits per heavy atom. The maximum atomic E-state index is 12.7. The summed E-state index contributed by atoms with van der Waals surface area (Å²) >= 11 is 0. The molecule has 18 heavy (non-hydrogen) atoms. The maximum Gasteiger partial charge on any atom is 0.416 e. The van der Waals surface area contributed by atoms with E-state index in [4.69, 9.17) is 4.74 Å². The molecule has 2 rings (SSSR count). The highest BCUT2D eigenvalue weighted by Gasteiger charge is 2.32. The Morgan fingerprint density at radius 3 is 2.44 bits per heavy atom. The number of nitrogens with zero attached hydrogens (tertiary/aromatic N) is 1. The molecular formula is C12H15F3N2O. The second-order valence-corrected chi connectivity index (χ2v) is 4.12. The quantitative estimate of drug-likeness (QED) is 0.881. The summed E-state index contributed by atoms with van der Waals surface area (Å²) in [6.07, 6.45) is -4.32. The third kappa shape index (κ3) is 2.69. The van der Waals surface area contributed by atoms with E-state index < -0.39 is 11.7 Å². The smallest absolute Gasteiger partial charge is 0.416 e. The topological polar surface area (TPSA) is 24.5 Å². The van der Waals surface area contributed by atoms with E-state index in [0.29, 0.717) is 24.5 Å². The van der Waals surface area contributed by atoms with Gasteiger partial charge in [-0.25, -0.2) is 0 Å². The minimum atomic E-state index is -4.32. The molecule has 1 aromatic rings. The Kier molecular flexibility index (Phi) is 3.65. The van der Waals surface area contributed by atoms with E-state index in [0.717, 1.165) is 25.2 Å². The fourth-order valence-electron chi connectivity index (χ4n) is 2.02. The van der Waals surface area contributed by atoms with Crippen LogP contribution in [-0.2, 0) is 6.18 Å². The number of nitrogens with one attached hydrogen (secondary N) is 1. The van der Waals surface area contributed by atoms with E-state index >= 15 is 0 Å². The predicted molar refractivity (Wildman–Crippen MR) is 63.1 cm³/mol. The first kappa shape index (κ1) is 13.0. The Hall–Kier alpha value is -1.43. The van der Waals surface area contributed by atoms with Gasteiger partial charge < -0.3 is 15.0 Å². The van der Waals surface area contributed by atoms with Crippen molar-refractivity contribution in [3.05, 3.63) is 23.8 Å². The van der Waals surface area contributed by atoms with Crippen molar-refractivity contribution in [1.82, 2.24) is 5.32 Å².